The first-order chi connectivity index (χ1) is 15.7. The quantitative estimate of drug-likeness (QED) is 0.190. The number of aliphatic imine (C=N–C) groups is 1. The molecule has 0 saturated heterocycles. The Hall–Kier alpha value is -3.69. The van der Waals surface area contributed by atoms with Crippen LogP contribution in [0.5, 0.6) is 17.2 Å². The van der Waals surface area contributed by atoms with Gasteiger partial charge in [0.15, 0.2) is 11.5 Å². The Morgan fingerprint density at radius 3 is 2.42 bits per heavy atom. The lowest BCUT2D eigenvalue weighted by molar-refractivity contribution is -0.394. The first-order valence-electron chi connectivity index (χ1n) is 9.56. The van der Waals surface area contributed by atoms with Gasteiger partial charge < -0.3 is 9.47 Å². The van der Waals surface area contributed by atoms with Crippen LogP contribution in [0.1, 0.15) is 18.1 Å². The molecule has 3 rings (SSSR count). The number of rotatable bonds is 8. The van der Waals surface area contributed by atoms with Crippen LogP contribution in [-0.2, 0) is 0 Å². The molecule has 0 unspecified atom stereocenters. The van der Waals surface area contributed by atoms with Gasteiger partial charge >= 0.3 is 5.69 Å². The minimum absolute atomic E-state index is 0.0338. The molecule has 0 fully saturated rings. The Bertz CT molecular complexity index is 1260. The van der Waals surface area contributed by atoms with Gasteiger partial charge in [-0.1, -0.05) is 29.3 Å². The molecule has 0 aliphatic carbocycles. The fourth-order valence-electron chi connectivity index (χ4n) is 2.85. The molecule has 11 heteroatoms. The highest BCUT2D eigenvalue weighted by atomic mass is 35.5. The van der Waals surface area contributed by atoms with Gasteiger partial charge in [0.2, 0.25) is 5.75 Å². The molecule has 0 saturated carbocycles. The van der Waals surface area contributed by atoms with Gasteiger partial charge in [0, 0.05) is 17.3 Å². The molecule has 0 amide bonds. The Kier molecular flexibility index (Phi) is 7.47. The number of hydrogen-bond donors (Lipinski definition) is 0. The average molecular weight is 490 g/mol. The Morgan fingerprint density at radius 1 is 1.00 bits per heavy atom. The summed E-state index contributed by atoms with van der Waals surface area (Å²) in [6.45, 7) is 3.92. The number of halogens is 2. The van der Waals surface area contributed by atoms with Gasteiger partial charge in [0.25, 0.3) is 5.69 Å². The van der Waals surface area contributed by atoms with Gasteiger partial charge in [-0.3, -0.25) is 25.2 Å². The number of non-ortho nitro benzene ring substituents is 1. The number of nitro benzene ring substituents is 2. The van der Waals surface area contributed by atoms with Crippen molar-refractivity contribution >= 4 is 46.5 Å². The molecule has 0 bridgehead atoms. The summed E-state index contributed by atoms with van der Waals surface area (Å²) in [6, 6.07) is 11.6. The molecule has 33 heavy (non-hydrogen) atoms. The van der Waals surface area contributed by atoms with Gasteiger partial charge in [-0.25, -0.2) is 0 Å². The molecule has 3 aromatic carbocycles. The fourth-order valence-corrected chi connectivity index (χ4v) is 3.27. The van der Waals surface area contributed by atoms with E-state index in [4.69, 9.17) is 32.7 Å². The predicted molar refractivity (Wildman–Crippen MR) is 126 cm³/mol. The van der Waals surface area contributed by atoms with Crippen molar-refractivity contribution in [1.82, 2.24) is 0 Å². The number of ether oxygens (including phenoxy) is 2. The van der Waals surface area contributed by atoms with Crippen LogP contribution in [0.3, 0.4) is 0 Å². The van der Waals surface area contributed by atoms with E-state index in [1.165, 1.54) is 0 Å². The van der Waals surface area contributed by atoms with Gasteiger partial charge in [-0.05, 0) is 55.3 Å². The summed E-state index contributed by atoms with van der Waals surface area (Å²) in [7, 11) is 0. The standard InChI is InChI=1S/C22H17Cl2N3O6/c1-3-32-21-9-14(12-25-18-10-15(23)5-4-13(18)2)8-17(24)22(21)33-20-7-6-16(26(28)29)11-19(20)27(30)31/h4-12H,3H2,1-2H3. The predicted octanol–water partition coefficient (Wildman–Crippen LogP) is 7.06. The lowest BCUT2D eigenvalue weighted by atomic mass is 10.2. The SMILES string of the molecule is CCOc1cc(C=Nc2cc(Cl)ccc2C)cc(Cl)c1Oc1ccc([N+](=O)[O-])cc1[N+](=O)[O-]. The maximum atomic E-state index is 11.4. The second kappa shape index (κ2) is 10.3. The summed E-state index contributed by atoms with van der Waals surface area (Å²) in [5.74, 6) is 0.0397. The number of nitro groups is 2. The second-order valence-corrected chi connectivity index (χ2v) is 7.56. The van der Waals surface area contributed by atoms with Crippen LogP contribution in [-0.4, -0.2) is 22.7 Å². The summed E-state index contributed by atoms with van der Waals surface area (Å²) < 4.78 is 11.3. The van der Waals surface area contributed by atoms with Crippen LogP contribution in [0.25, 0.3) is 0 Å². The third kappa shape index (κ3) is 5.76. The Morgan fingerprint density at radius 2 is 1.76 bits per heavy atom. The largest absolute Gasteiger partial charge is 0.490 e. The summed E-state index contributed by atoms with van der Waals surface area (Å²) in [6.07, 6.45) is 1.57. The average Bonchev–Trinajstić information content (AvgIpc) is 2.76. The molecular formula is C22H17Cl2N3O6. The molecule has 3 aromatic rings. The normalized spacial score (nSPS) is 10.9. The number of hydrogen-bond acceptors (Lipinski definition) is 7. The number of nitrogens with zero attached hydrogens (tertiary/aromatic N) is 3. The minimum Gasteiger partial charge on any atom is -0.490 e. The summed E-state index contributed by atoms with van der Waals surface area (Å²) >= 11 is 12.4. The van der Waals surface area contributed by atoms with Gasteiger partial charge in [-0.2, -0.15) is 0 Å². The van der Waals surface area contributed by atoms with Crippen LogP contribution in [0.4, 0.5) is 17.1 Å². The summed E-state index contributed by atoms with van der Waals surface area (Å²) in [4.78, 5) is 25.3. The maximum absolute atomic E-state index is 11.4. The molecule has 0 aliphatic heterocycles. The van der Waals surface area contributed by atoms with Crippen molar-refractivity contribution in [2.24, 2.45) is 4.99 Å². The lowest BCUT2D eigenvalue weighted by Crippen LogP contribution is -2.00. The van der Waals surface area contributed by atoms with Crippen molar-refractivity contribution in [3.05, 3.63) is 89.9 Å². The zero-order chi connectivity index (χ0) is 24.1. The fraction of sp³-hybridized carbons (Fsp3) is 0.136. The van der Waals surface area contributed by atoms with Crippen LogP contribution < -0.4 is 9.47 Å². The second-order valence-electron chi connectivity index (χ2n) is 6.72. The van der Waals surface area contributed by atoms with E-state index in [0.717, 1.165) is 23.8 Å². The molecule has 0 N–H and O–H groups in total. The van der Waals surface area contributed by atoms with E-state index in [1.807, 2.05) is 13.0 Å². The Labute approximate surface area is 198 Å². The summed E-state index contributed by atoms with van der Waals surface area (Å²) in [5.41, 5.74) is 1.18. The topological polar surface area (TPSA) is 117 Å². The van der Waals surface area contributed by atoms with Crippen molar-refractivity contribution in [2.75, 3.05) is 6.61 Å². The lowest BCUT2D eigenvalue weighted by Gasteiger charge is -2.14. The first kappa shape index (κ1) is 24.0. The number of benzene rings is 3. The van der Waals surface area contributed by atoms with Crippen molar-refractivity contribution in [3.8, 4) is 17.2 Å². The van der Waals surface area contributed by atoms with E-state index in [0.29, 0.717) is 16.3 Å². The molecule has 0 aromatic heterocycles. The highest BCUT2D eigenvalue weighted by molar-refractivity contribution is 6.32. The van der Waals surface area contributed by atoms with Gasteiger partial charge in [0.05, 0.1) is 33.2 Å². The molecule has 0 aliphatic rings. The summed E-state index contributed by atoms with van der Waals surface area (Å²) in [5, 5.41) is 23.0. The molecule has 9 nitrogen and oxygen atoms in total. The van der Waals surface area contributed by atoms with Crippen molar-refractivity contribution < 1.29 is 19.3 Å². The van der Waals surface area contributed by atoms with E-state index < -0.39 is 21.2 Å². The zero-order valence-electron chi connectivity index (χ0n) is 17.5. The first-order valence-corrected chi connectivity index (χ1v) is 10.3. The Balaban J connectivity index is 2.00. The van der Waals surface area contributed by atoms with Gasteiger partial charge in [0.1, 0.15) is 0 Å². The van der Waals surface area contributed by atoms with Crippen LogP contribution in [0.2, 0.25) is 10.0 Å². The molecule has 170 valence electrons. The van der Waals surface area contributed by atoms with Crippen molar-refractivity contribution in [1.29, 1.82) is 0 Å². The molecular weight excluding hydrogens is 473 g/mol. The molecule has 0 spiro atoms. The minimum atomic E-state index is -0.773. The third-order valence-electron chi connectivity index (χ3n) is 4.42. The monoisotopic (exact) mass is 489 g/mol. The third-order valence-corrected chi connectivity index (χ3v) is 4.93. The van der Waals surface area contributed by atoms with E-state index >= 15 is 0 Å². The molecule has 0 heterocycles. The molecule has 0 radical (unpaired) electrons. The highest BCUT2D eigenvalue weighted by Crippen LogP contribution is 2.42. The van der Waals surface area contributed by atoms with Crippen LogP contribution >= 0.6 is 23.2 Å². The van der Waals surface area contributed by atoms with E-state index in [9.17, 15) is 20.2 Å². The highest BCUT2D eigenvalue weighted by Gasteiger charge is 2.23. The van der Waals surface area contributed by atoms with Crippen molar-refractivity contribution in [2.45, 2.75) is 13.8 Å². The zero-order valence-corrected chi connectivity index (χ0v) is 19.0. The smallest absolute Gasteiger partial charge is 0.318 e. The maximum Gasteiger partial charge on any atom is 0.318 e. The van der Waals surface area contributed by atoms with Crippen LogP contribution in [0.15, 0.2) is 53.5 Å². The van der Waals surface area contributed by atoms with Gasteiger partial charge in [-0.15, -0.1) is 0 Å². The van der Waals surface area contributed by atoms with E-state index in [-0.39, 0.29) is 28.9 Å². The number of aryl methyl sites for hydroxylation is 1. The van der Waals surface area contributed by atoms with E-state index in [1.54, 1.807) is 37.4 Å². The van der Waals surface area contributed by atoms with E-state index in [2.05, 4.69) is 4.99 Å². The van der Waals surface area contributed by atoms with Crippen molar-refractivity contribution in [3.63, 3.8) is 0 Å². The molecule has 0 atom stereocenters. The van der Waals surface area contributed by atoms with Crippen LogP contribution in [0, 0.1) is 27.2 Å².